The second-order valence-corrected chi connectivity index (χ2v) is 9.87. The highest BCUT2D eigenvalue weighted by Gasteiger charge is 2.29. The molecule has 0 aliphatic heterocycles. The summed E-state index contributed by atoms with van der Waals surface area (Å²) in [5.74, 6) is -0.892. The summed E-state index contributed by atoms with van der Waals surface area (Å²) in [6.07, 6.45) is 2.71. The zero-order valence-electron chi connectivity index (χ0n) is 17.8. The maximum atomic E-state index is 13.5. The highest BCUT2D eigenvalue weighted by molar-refractivity contribution is 7.92. The molecule has 1 aliphatic rings. The molecule has 0 bridgehead atoms. The van der Waals surface area contributed by atoms with E-state index < -0.39 is 28.3 Å². The summed E-state index contributed by atoms with van der Waals surface area (Å²) < 4.78 is 41.3. The summed E-state index contributed by atoms with van der Waals surface area (Å²) in [5.41, 5.74) is 3.42. The molecule has 0 saturated heterocycles. The normalized spacial score (nSPS) is 15.6. The van der Waals surface area contributed by atoms with Crippen LogP contribution in [0, 0.1) is 12.7 Å². The van der Waals surface area contributed by atoms with Gasteiger partial charge in [0.1, 0.15) is 12.4 Å². The molecule has 3 aromatic carbocycles. The van der Waals surface area contributed by atoms with Crippen LogP contribution in [0.3, 0.4) is 0 Å². The van der Waals surface area contributed by atoms with Gasteiger partial charge in [0.05, 0.1) is 16.6 Å². The van der Waals surface area contributed by atoms with Crippen LogP contribution in [0.1, 0.15) is 35.6 Å². The van der Waals surface area contributed by atoms with Crippen molar-refractivity contribution in [2.45, 2.75) is 37.1 Å². The molecule has 1 amide bonds. The highest BCUT2D eigenvalue weighted by Crippen LogP contribution is 2.30. The van der Waals surface area contributed by atoms with Crippen molar-refractivity contribution in [1.29, 1.82) is 0 Å². The average Bonchev–Trinajstić information content (AvgIpc) is 2.79. The van der Waals surface area contributed by atoms with E-state index in [1.165, 1.54) is 42.0 Å². The number of amides is 1. The van der Waals surface area contributed by atoms with Crippen molar-refractivity contribution >= 4 is 21.6 Å². The number of fused-ring (bicyclic) bond motifs is 1. The molecule has 0 radical (unpaired) electrons. The zero-order valence-corrected chi connectivity index (χ0v) is 18.6. The monoisotopic (exact) mass is 452 g/mol. The van der Waals surface area contributed by atoms with E-state index in [1.54, 1.807) is 12.1 Å². The quantitative estimate of drug-likeness (QED) is 0.598. The molecule has 1 N–H and O–H groups in total. The lowest BCUT2D eigenvalue weighted by molar-refractivity contribution is -0.120. The van der Waals surface area contributed by atoms with Crippen LogP contribution in [0.15, 0.2) is 77.7 Å². The minimum Gasteiger partial charge on any atom is -0.348 e. The Morgan fingerprint density at radius 2 is 1.72 bits per heavy atom. The molecule has 3 aromatic rings. The second kappa shape index (κ2) is 9.12. The van der Waals surface area contributed by atoms with Gasteiger partial charge in [0.2, 0.25) is 5.91 Å². The summed E-state index contributed by atoms with van der Waals surface area (Å²) in [7, 11) is -4.03. The Balaban J connectivity index is 1.62. The SMILES string of the molecule is Cc1ccc(S(=O)(=O)N(CC(=O)NC2CCCc3ccccc32)c2ccc(F)cc2)cc1. The summed E-state index contributed by atoms with van der Waals surface area (Å²) >= 11 is 0. The predicted molar refractivity (Wildman–Crippen MR) is 122 cm³/mol. The minimum atomic E-state index is -4.03. The van der Waals surface area contributed by atoms with Gasteiger partial charge in [-0.1, -0.05) is 42.0 Å². The zero-order chi connectivity index (χ0) is 22.7. The number of anilines is 1. The van der Waals surface area contributed by atoms with Gasteiger partial charge in [0, 0.05) is 0 Å². The van der Waals surface area contributed by atoms with Gasteiger partial charge in [0.15, 0.2) is 0 Å². The fraction of sp³-hybridized carbons (Fsp3) is 0.240. The van der Waals surface area contributed by atoms with E-state index in [0.717, 1.165) is 34.7 Å². The van der Waals surface area contributed by atoms with Crippen molar-refractivity contribution in [3.63, 3.8) is 0 Å². The Kier molecular flexibility index (Phi) is 6.28. The van der Waals surface area contributed by atoms with Gasteiger partial charge in [0.25, 0.3) is 10.0 Å². The van der Waals surface area contributed by atoms with E-state index in [4.69, 9.17) is 0 Å². The summed E-state index contributed by atoms with van der Waals surface area (Å²) in [4.78, 5) is 13.1. The largest absolute Gasteiger partial charge is 0.348 e. The average molecular weight is 453 g/mol. The van der Waals surface area contributed by atoms with Crippen molar-refractivity contribution < 1.29 is 17.6 Å². The lowest BCUT2D eigenvalue weighted by Crippen LogP contribution is -2.42. The highest BCUT2D eigenvalue weighted by atomic mass is 32.2. The molecule has 1 unspecified atom stereocenters. The number of halogens is 1. The number of sulfonamides is 1. The number of hydrogen-bond donors (Lipinski definition) is 1. The van der Waals surface area contributed by atoms with Crippen LogP contribution in [0.4, 0.5) is 10.1 Å². The lowest BCUT2D eigenvalue weighted by atomic mass is 9.88. The van der Waals surface area contributed by atoms with Crippen molar-refractivity contribution in [2.24, 2.45) is 0 Å². The van der Waals surface area contributed by atoms with E-state index in [2.05, 4.69) is 11.4 Å². The standard InChI is InChI=1S/C25H25FN2O3S/c1-18-9-15-22(16-10-18)32(30,31)28(21-13-11-20(26)12-14-21)17-25(29)27-24-8-4-6-19-5-2-3-7-23(19)24/h2-3,5,7,9-16,24H,4,6,8,17H2,1H3,(H,27,29). The first-order valence-corrected chi connectivity index (χ1v) is 12.0. The number of carbonyl (C=O) groups is 1. The van der Waals surface area contributed by atoms with Gasteiger partial charge in [-0.25, -0.2) is 12.8 Å². The number of aryl methyl sites for hydroxylation is 2. The number of carbonyl (C=O) groups excluding carboxylic acids is 1. The van der Waals surface area contributed by atoms with Gasteiger partial charge >= 0.3 is 0 Å². The van der Waals surface area contributed by atoms with E-state index in [1.807, 2.05) is 25.1 Å². The maximum Gasteiger partial charge on any atom is 0.264 e. The molecular formula is C25H25FN2O3S. The molecule has 4 rings (SSSR count). The molecule has 32 heavy (non-hydrogen) atoms. The van der Waals surface area contributed by atoms with Gasteiger partial charge in [-0.2, -0.15) is 0 Å². The second-order valence-electron chi connectivity index (χ2n) is 8.01. The molecule has 0 aromatic heterocycles. The Bertz CT molecular complexity index is 1210. The molecule has 0 heterocycles. The number of nitrogens with one attached hydrogen (secondary N) is 1. The Labute approximate surface area is 187 Å². The van der Waals surface area contributed by atoms with Crippen LogP contribution in [-0.4, -0.2) is 20.9 Å². The smallest absolute Gasteiger partial charge is 0.264 e. The van der Waals surface area contributed by atoms with E-state index in [0.29, 0.717) is 0 Å². The van der Waals surface area contributed by atoms with Gasteiger partial charge < -0.3 is 5.32 Å². The maximum absolute atomic E-state index is 13.5. The summed E-state index contributed by atoms with van der Waals surface area (Å²) in [5, 5.41) is 3.00. The predicted octanol–water partition coefficient (Wildman–Crippen LogP) is 4.52. The molecule has 0 saturated carbocycles. The first kappa shape index (κ1) is 22.0. The first-order chi connectivity index (χ1) is 15.3. The topological polar surface area (TPSA) is 66.5 Å². The number of hydrogen-bond acceptors (Lipinski definition) is 3. The summed E-state index contributed by atoms with van der Waals surface area (Å²) in [6.45, 7) is 1.46. The Morgan fingerprint density at radius 3 is 2.44 bits per heavy atom. The lowest BCUT2D eigenvalue weighted by Gasteiger charge is -2.28. The van der Waals surface area contributed by atoms with Crippen molar-refractivity contribution in [1.82, 2.24) is 5.32 Å². The molecule has 5 nitrogen and oxygen atoms in total. The molecule has 1 aliphatic carbocycles. The van der Waals surface area contributed by atoms with Crippen LogP contribution in [-0.2, 0) is 21.2 Å². The van der Waals surface area contributed by atoms with Crippen LogP contribution in [0.5, 0.6) is 0 Å². The number of rotatable bonds is 6. The van der Waals surface area contributed by atoms with Crippen LogP contribution in [0.2, 0.25) is 0 Å². The van der Waals surface area contributed by atoms with Crippen LogP contribution < -0.4 is 9.62 Å². The molecule has 0 fully saturated rings. The first-order valence-electron chi connectivity index (χ1n) is 10.6. The van der Waals surface area contributed by atoms with E-state index in [9.17, 15) is 17.6 Å². The van der Waals surface area contributed by atoms with Crippen molar-refractivity contribution in [3.05, 3.63) is 95.3 Å². The number of benzene rings is 3. The molecule has 1 atom stereocenters. The Hall–Kier alpha value is -3.19. The molecule has 0 spiro atoms. The van der Waals surface area contributed by atoms with Gasteiger partial charge in [-0.3, -0.25) is 9.10 Å². The summed E-state index contributed by atoms with van der Waals surface area (Å²) in [6, 6.07) is 19.3. The molecule has 7 heteroatoms. The molecule has 166 valence electrons. The molecular weight excluding hydrogens is 427 g/mol. The van der Waals surface area contributed by atoms with Crippen molar-refractivity contribution in [3.8, 4) is 0 Å². The van der Waals surface area contributed by atoms with Gasteiger partial charge in [-0.05, 0) is 73.7 Å². The third-order valence-electron chi connectivity index (χ3n) is 5.72. The van der Waals surface area contributed by atoms with Crippen LogP contribution >= 0.6 is 0 Å². The third kappa shape index (κ3) is 4.67. The fourth-order valence-corrected chi connectivity index (χ4v) is 5.46. The number of nitrogens with zero attached hydrogens (tertiary/aromatic N) is 1. The minimum absolute atomic E-state index is 0.0724. The van der Waals surface area contributed by atoms with Gasteiger partial charge in [-0.15, -0.1) is 0 Å². The van der Waals surface area contributed by atoms with Crippen molar-refractivity contribution in [2.75, 3.05) is 10.8 Å². The van der Waals surface area contributed by atoms with E-state index >= 15 is 0 Å². The van der Waals surface area contributed by atoms with Crippen LogP contribution in [0.25, 0.3) is 0 Å². The fourth-order valence-electron chi connectivity index (χ4n) is 4.03. The third-order valence-corrected chi connectivity index (χ3v) is 7.50. The van der Waals surface area contributed by atoms with E-state index in [-0.39, 0.29) is 16.6 Å². The Morgan fingerprint density at radius 1 is 1.03 bits per heavy atom.